The maximum absolute atomic E-state index is 12.9. The summed E-state index contributed by atoms with van der Waals surface area (Å²) in [6.07, 6.45) is 0. The van der Waals surface area contributed by atoms with Gasteiger partial charge in [-0.25, -0.2) is 4.39 Å². The number of hydrogen-bond donors (Lipinski definition) is 0. The van der Waals surface area contributed by atoms with Crippen LogP contribution < -0.4 is 0 Å². The minimum atomic E-state index is -0.222. The van der Waals surface area contributed by atoms with E-state index >= 15 is 0 Å². The second kappa shape index (κ2) is 7.15. The highest BCUT2D eigenvalue weighted by molar-refractivity contribution is 7.98. The van der Waals surface area contributed by atoms with E-state index in [0.29, 0.717) is 5.02 Å². The Morgan fingerprint density at radius 1 is 1.04 bits per heavy atom. The van der Waals surface area contributed by atoms with E-state index in [4.69, 9.17) is 11.6 Å². The van der Waals surface area contributed by atoms with Crippen LogP contribution in [0.3, 0.4) is 0 Å². The van der Waals surface area contributed by atoms with Gasteiger partial charge in [0.2, 0.25) is 0 Å². The number of nitrogens with zero attached hydrogens (tertiary/aromatic N) is 3. The van der Waals surface area contributed by atoms with Gasteiger partial charge in [0.25, 0.3) is 0 Å². The van der Waals surface area contributed by atoms with Gasteiger partial charge in [-0.1, -0.05) is 35.5 Å². The fourth-order valence-electron chi connectivity index (χ4n) is 2.22. The molecule has 0 saturated carbocycles. The quantitative estimate of drug-likeness (QED) is 0.605. The van der Waals surface area contributed by atoms with Crippen molar-refractivity contribution >= 4 is 23.4 Å². The molecule has 0 radical (unpaired) electrons. The van der Waals surface area contributed by atoms with E-state index in [0.717, 1.165) is 34.4 Å². The second-order valence-corrected chi connectivity index (χ2v) is 6.35. The van der Waals surface area contributed by atoms with Crippen molar-refractivity contribution in [3.05, 3.63) is 64.9 Å². The molecule has 0 amide bonds. The van der Waals surface area contributed by atoms with E-state index in [9.17, 15) is 4.39 Å². The molecule has 0 saturated heterocycles. The van der Waals surface area contributed by atoms with Gasteiger partial charge in [0.05, 0.1) is 0 Å². The lowest BCUT2D eigenvalue weighted by Gasteiger charge is -2.07. The van der Waals surface area contributed by atoms with Crippen LogP contribution >= 0.6 is 23.4 Å². The maximum atomic E-state index is 12.9. The summed E-state index contributed by atoms with van der Waals surface area (Å²) in [5, 5.41) is 10.1. The Hall–Kier alpha value is -1.85. The van der Waals surface area contributed by atoms with E-state index in [1.165, 1.54) is 12.1 Å². The van der Waals surface area contributed by atoms with Crippen LogP contribution in [-0.2, 0) is 12.3 Å². The van der Waals surface area contributed by atoms with Crippen molar-refractivity contribution in [2.24, 2.45) is 0 Å². The highest BCUT2D eigenvalue weighted by Gasteiger charge is 2.13. The first-order valence-electron chi connectivity index (χ1n) is 7.23. The summed E-state index contributed by atoms with van der Waals surface area (Å²) >= 11 is 7.52. The Kier molecular flexibility index (Phi) is 4.98. The number of thioether (sulfide) groups is 1. The average Bonchev–Trinajstić information content (AvgIpc) is 2.98. The molecular weight excluding hydrogens is 333 g/mol. The summed E-state index contributed by atoms with van der Waals surface area (Å²) in [6, 6.07) is 14.1. The van der Waals surface area contributed by atoms with Gasteiger partial charge in [-0.05, 0) is 48.9 Å². The summed E-state index contributed by atoms with van der Waals surface area (Å²) in [6.45, 7) is 2.83. The van der Waals surface area contributed by atoms with E-state index in [1.54, 1.807) is 23.9 Å². The minimum absolute atomic E-state index is 0.222. The molecule has 0 bridgehead atoms. The second-order valence-electron chi connectivity index (χ2n) is 4.97. The molecule has 3 nitrogen and oxygen atoms in total. The molecule has 23 heavy (non-hydrogen) atoms. The predicted octanol–water partition coefficient (Wildman–Crippen LogP) is 5.05. The van der Waals surface area contributed by atoms with Crippen molar-refractivity contribution in [2.75, 3.05) is 0 Å². The fourth-order valence-corrected chi connectivity index (χ4v) is 3.31. The maximum Gasteiger partial charge on any atom is 0.191 e. The van der Waals surface area contributed by atoms with E-state index < -0.39 is 0 Å². The molecule has 3 rings (SSSR count). The molecule has 1 aromatic heterocycles. The summed E-state index contributed by atoms with van der Waals surface area (Å²) in [5.41, 5.74) is 2.03. The molecule has 3 aromatic rings. The standard InChI is InChI=1S/C17H15ClFN3S/c1-2-22-16(13-5-7-14(18)8-6-13)20-21-17(22)23-11-12-3-9-15(19)10-4-12/h3-10H,2,11H2,1H3. The monoisotopic (exact) mass is 347 g/mol. The van der Waals surface area contributed by atoms with Gasteiger partial charge < -0.3 is 4.57 Å². The highest BCUT2D eigenvalue weighted by atomic mass is 35.5. The summed E-state index contributed by atoms with van der Waals surface area (Å²) < 4.78 is 15.0. The molecule has 0 fully saturated rings. The zero-order valence-corrected chi connectivity index (χ0v) is 14.1. The molecule has 0 aliphatic carbocycles. The van der Waals surface area contributed by atoms with Crippen molar-refractivity contribution in [2.45, 2.75) is 24.4 Å². The van der Waals surface area contributed by atoms with Crippen LogP contribution in [0.5, 0.6) is 0 Å². The molecule has 1 heterocycles. The SMILES string of the molecule is CCn1c(SCc2ccc(F)cc2)nnc1-c1ccc(Cl)cc1. The van der Waals surface area contributed by atoms with Crippen molar-refractivity contribution in [3.63, 3.8) is 0 Å². The van der Waals surface area contributed by atoms with Gasteiger partial charge in [-0.3, -0.25) is 0 Å². The first-order chi connectivity index (χ1) is 11.2. The molecule has 0 unspecified atom stereocenters. The van der Waals surface area contributed by atoms with Crippen LogP contribution in [0.2, 0.25) is 5.02 Å². The first kappa shape index (κ1) is 16.0. The first-order valence-corrected chi connectivity index (χ1v) is 8.60. The highest BCUT2D eigenvalue weighted by Crippen LogP contribution is 2.27. The van der Waals surface area contributed by atoms with Crippen molar-refractivity contribution in [1.82, 2.24) is 14.8 Å². The van der Waals surface area contributed by atoms with Gasteiger partial charge in [-0.15, -0.1) is 10.2 Å². The third-order valence-electron chi connectivity index (χ3n) is 3.42. The number of rotatable bonds is 5. The summed E-state index contributed by atoms with van der Waals surface area (Å²) in [7, 11) is 0. The van der Waals surface area contributed by atoms with Crippen molar-refractivity contribution in [1.29, 1.82) is 0 Å². The normalized spacial score (nSPS) is 10.9. The third kappa shape index (κ3) is 3.74. The van der Waals surface area contributed by atoms with Crippen LogP contribution in [0, 0.1) is 5.82 Å². The Morgan fingerprint density at radius 3 is 2.39 bits per heavy atom. The lowest BCUT2D eigenvalue weighted by molar-refractivity contribution is 0.627. The zero-order chi connectivity index (χ0) is 16.2. The minimum Gasteiger partial charge on any atom is -0.302 e. The van der Waals surface area contributed by atoms with E-state index in [1.807, 2.05) is 24.3 Å². The smallest absolute Gasteiger partial charge is 0.191 e. The predicted molar refractivity (Wildman–Crippen MR) is 92.1 cm³/mol. The number of benzene rings is 2. The van der Waals surface area contributed by atoms with Gasteiger partial charge in [0.1, 0.15) is 5.82 Å². The Labute approximate surface area is 143 Å². The lowest BCUT2D eigenvalue weighted by atomic mass is 10.2. The lowest BCUT2D eigenvalue weighted by Crippen LogP contribution is -1.99. The number of aromatic nitrogens is 3. The molecule has 0 spiro atoms. The van der Waals surface area contributed by atoms with Crippen molar-refractivity contribution in [3.8, 4) is 11.4 Å². The van der Waals surface area contributed by atoms with Gasteiger partial charge in [0.15, 0.2) is 11.0 Å². The number of halogens is 2. The van der Waals surface area contributed by atoms with Gasteiger partial charge >= 0.3 is 0 Å². The largest absolute Gasteiger partial charge is 0.302 e. The topological polar surface area (TPSA) is 30.7 Å². The molecule has 0 N–H and O–H groups in total. The third-order valence-corrected chi connectivity index (χ3v) is 4.71. The Morgan fingerprint density at radius 2 is 1.74 bits per heavy atom. The molecule has 118 valence electrons. The van der Waals surface area contributed by atoms with Crippen LogP contribution in [-0.4, -0.2) is 14.8 Å². The molecule has 2 aromatic carbocycles. The Balaban J connectivity index is 1.80. The van der Waals surface area contributed by atoms with Crippen LogP contribution in [0.4, 0.5) is 4.39 Å². The van der Waals surface area contributed by atoms with Crippen LogP contribution in [0.15, 0.2) is 53.7 Å². The summed E-state index contributed by atoms with van der Waals surface area (Å²) in [5.74, 6) is 1.32. The van der Waals surface area contributed by atoms with Gasteiger partial charge in [0, 0.05) is 22.9 Å². The molecule has 0 aliphatic heterocycles. The molecule has 0 atom stereocenters. The van der Waals surface area contributed by atoms with Crippen LogP contribution in [0.25, 0.3) is 11.4 Å². The molecule has 0 aliphatic rings. The summed E-state index contributed by atoms with van der Waals surface area (Å²) in [4.78, 5) is 0. The molecule has 6 heteroatoms. The van der Waals surface area contributed by atoms with Crippen molar-refractivity contribution < 1.29 is 4.39 Å². The van der Waals surface area contributed by atoms with Gasteiger partial charge in [-0.2, -0.15) is 0 Å². The van der Waals surface area contributed by atoms with E-state index in [-0.39, 0.29) is 5.82 Å². The number of hydrogen-bond acceptors (Lipinski definition) is 3. The average molecular weight is 348 g/mol. The zero-order valence-electron chi connectivity index (χ0n) is 12.5. The van der Waals surface area contributed by atoms with Crippen LogP contribution in [0.1, 0.15) is 12.5 Å². The molecular formula is C17H15ClFN3S. The van der Waals surface area contributed by atoms with E-state index in [2.05, 4.69) is 21.7 Å². The Bertz CT molecular complexity index is 785. The fraction of sp³-hybridized carbons (Fsp3) is 0.176.